The summed E-state index contributed by atoms with van der Waals surface area (Å²) in [5, 5.41) is 7.17. The highest BCUT2D eigenvalue weighted by molar-refractivity contribution is 7.80. The quantitative estimate of drug-likeness (QED) is 0.785. The summed E-state index contributed by atoms with van der Waals surface area (Å²) in [6.45, 7) is 1.80. The minimum Gasteiger partial charge on any atom is -0.389 e. The molecule has 17 heavy (non-hydrogen) atoms. The maximum atomic E-state index is 5.61. The van der Waals surface area contributed by atoms with Crippen LogP contribution in [-0.2, 0) is 7.05 Å². The Balaban J connectivity index is 2.37. The first kappa shape index (κ1) is 11.5. The Hall–Kier alpha value is -2.02. The molecule has 88 valence electrons. The van der Waals surface area contributed by atoms with Gasteiger partial charge in [0.1, 0.15) is 16.6 Å². The number of hydrogen-bond donors (Lipinski definition) is 2. The van der Waals surface area contributed by atoms with Gasteiger partial charge in [0.2, 0.25) is 0 Å². The number of thiocarbonyl (C=S) groups is 1. The Labute approximate surface area is 104 Å². The summed E-state index contributed by atoms with van der Waals surface area (Å²) in [7, 11) is 1.84. The van der Waals surface area contributed by atoms with Gasteiger partial charge in [-0.15, -0.1) is 0 Å². The monoisotopic (exact) mass is 248 g/mol. The van der Waals surface area contributed by atoms with Crippen LogP contribution in [0.3, 0.4) is 0 Å². The SMILES string of the molecule is Cc1ncc(C(N)=S)c(Nc2cnn(C)c2)n1. The second-order valence-corrected chi connectivity index (χ2v) is 4.01. The summed E-state index contributed by atoms with van der Waals surface area (Å²) in [6, 6.07) is 0. The van der Waals surface area contributed by atoms with Gasteiger partial charge >= 0.3 is 0 Å². The van der Waals surface area contributed by atoms with E-state index in [4.69, 9.17) is 18.0 Å². The largest absolute Gasteiger partial charge is 0.389 e. The molecule has 2 aromatic heterocycles. The minimum atomic E-state index is 0.261. The molecule has 0 amide bonds. The summed E-state index contributed by atoms with van der Waals surface area (Å²) in [5.74, 6) is 1.24. The van der Waals surface area contributed by atoms with Crippen LogP contribution in [0.5, 0.6) is 0 Å². The predicted octanol–water partition coefficient (Wildman–Crippen LogP) is 0.896. The molecule has 2 rings (SSSR count). The van der Waals surface area contributed by atoms with Gasteiger partial charge in [-0.05, 0) is 6.92 Å². The molecule has 2 aromatic rings. The van der Waals surface area contributed by atoms with E-state index in [9.17, 15) is 0 Å². The van der Waals surface area contributed by atoms with Crippen molar-refractivity contribution in [3.05, 3.63) is 30.0 Å². The lowest BCUT2D eigenvalue weighted by molar-refractivity contribution is 0.768. The molecule has 0 saturated carbocycles. The third-order valence-corrected chi connectivity index (χ3v) is 2.36. The molecular weight excluding hydrogens is 236 g/mol. The van der Waals surface area contributed by atoms with Crippen molar-refractivity contribution in [2.75, 3.05) is 5.32 Å². The molecule has 6 nitrogen and oxygen atoms in total. The van der Waals surface area contributed by atoms with Gasteiger partial charge in [-0.25, -0.2) is 9.97 Å². The Bertz CT molecular complexity index is 562. The van der Waals surface area contributed by atoms with Crippen molar-refractivity contribution in [3.63, 3.8) is 0 Å². The number of nitrogens with one attached hydrogen (secondary N) is 1. The van der Waals surface area contributed by atoms with E-state index in [1.807, 2.05) is 13.2 Å². The first-order valence-corrected chi connectivity index (χ1v) is 5.36. The number of aromatic nitrogens is 4. The van der Waals surface area contributed by atoms with Gasteiger partial charge in [-0.1, -0.05) is 12.2 Å². The highest BCUT2D eigenvalue weighted by Gasteiger charge is 2.09. The van der Waals surface area contributed by atoms with E-state index in [1.54, 1.807) is 24.0 Å². The fraction of sp³-hybridized carbons (Fsp3) is 0.200. The smallest absolute Gasteiger partial charge is 0.144 e. The normalized spacial score (nSPS) is 10.2. The lowest BCUT2D eigenvalue weighted by Crippen LogP contribution is -2.14. The molecule has 0 bridgehead atoms. The molecule has 0 fully saturated rings. The van der Waals surface area contributed by atoms with Crippen LogP contribution in [0, 0.1) is 6.92 Å². The van der Waals surface area contributed by atoms with Crippen LogP contribution in [-0.4, -0.2) is 24.7 Å². The fourth-order valence-electron chi connectivity index (χ4n) is 1.37. The molecule has 0 spiro atoms. The number of nitrogens with two attached hydrogens (primary N) is 1. The number of nitrogens with zero attached hydrogens (tertiary/aromatic N) is 4. The van der Waals surface area contributed by atoms with Gasteiger partial charge in [0.25, 0.3) is 0 Å². The standard InChI is InChI=1S/C10H12N6S/c1-6-12-4-8(9(11)17)10(14-6)15-7-3-13-16(2)5-7/h3-5H,1-2H3,(H2,11,17)(H,12,14,15). The second kappa shape index (κ2) is 4.46. The van der Waals surface area contributed by atoms with E-state index in [0.717, 1.165) is 5.69 Å². The van der Waals surface area contributed by atoms with Crippen molar-refractivity contribution >= 4 is 28.7 Å². The maximum Gasteiger partial charge on any atom is 0.144 e. The van der Waals surface area contributed by atoms with Crippen LogP contribution in [0.1, 0.15) is 11.4 Å². The Morgan fingerprint density at radius 2 is 2.24 bits per heavy atom. The van der Waals surface area contributed by atoms with Crippen molar-refractivity contribution in [1.29, 1.82) is 0 Å². The van der Waals surface area contributed by atoms with E-state index >= 15 is 0 Å². The Morgan fingerprint density at radius 1 is 1.47 bits per heavy atom. The number of hydrogen-bond acceptors (Lipinski definition) is 5. The number of anilines is 2. The molecule has 3 N–H and O–H groups in total. The number of rotatable bonds is 3. The van der Waals surface area contributed by atoms with E-state index in [0.29, 0.717) is 17.2 Å². The second-order valence-electron chi connectivity index (χ2n) is 3.57. The van der Waals surface area contributed by atoms with Gasteiger partial charge in [0.05, 0.1) is 17.4 Å². The van der Waals surface area contributed by atoms with Gasteiger partial charge in [0.15, 0.2) is 0 Å². The van der Waals surface area contributed by atoms with Crippen molar-refractivity contribution in [3.8, 4) is 0 Å². The lowest BCUT2D eigenvalue weighted by atomic mass is 10.3. The summed E-state index contributed by atoms with van der Waals surface area (Å²) < 4.78 is 1.69. The van der Waals surface area contributed by atoms with Crippen LogP contribution in [0.4, 0.5) is 11.5 Å². The first-order valence-electron chi connectivity index (χ1n) is 4.95. The van der Waals surface area contributed by atoms with Gasteiger partial charge in [-0.3, -0.25) is 4.68 Å². The lowest BCUT2D eigenvalue weighted by Gasteiger charge is -2.08. The average molecular weight is 248 g/mol. The zero-order valence-corrected chi connectivity index (χ0v) is 10.3. The molecule has 0 saturated heterocycles. The van der Waals surface area contributed by atoms with E-state index in [2.05, 4.69) is 20.4 Å². The third kappa shape index (κ3) is 2.56. The molecule has 0 aromatic carbocycles. The van der Waals surface area contributed by atoms with Crippen LogP contribution in [0.15, 0.2) is 18.6 Å². The molecule has 2 heterocycles. The molecule has 0 aliphatic carbocycles. The summed E-state index contributed by atoms with van der Waals surface area (Å²) in [5.41, 5.74) is 7.06. The average Bonchev–Trinajstić information content (AvgIpc) is 2.63. The third-order valence-electron chi connectivity index (χ3n) is 2.14. The molecule has 0 aliphatic rings. The van der Waals surface area contributed by atoms with Crippen molar-refractivity contribution in [2.45, 2.75) is 6.92 Å². The summed E-state index contributed by atoms with van der Waals surface area (Å²) in [6.07, 6.45) is 5.14. The Kier molecular flexibility index (Phi) is 3.01. The van der Waals surface area contributed by atoms with Gasteiger partial charge in [-0.2, -0.15) is 5.10 Å². The maximum absolute atomic E-state index is 5.61. The fourth-order valence-corrected chi connectivity index (χ4v) is 1.52. The molecule has 0 aliphatic heterocycles. The topological polar surface area (TPSA) is 81.6 Å². The van der Waals surface area contributed by atoms with Crippen molar-refractivity contribution < 1.29 is 0 Å². The summed E-state index contributed by atoms with van der Waals surface area (Å²) in [4.78, 5) is 8.60. The molecular formula is C10H12N6S. The first-order chi connectivity index (χ1) is 8.06. The zero-order valence-electron chi connectivity index (χ0n) is 9.51. The van der Waals surface area contributed by atoms with Crippen LogP contribution < -0.4 is 11.1 Å². The summed E-state index contributed by atoms with van der Waals surface area (Å²) >= 11 is 4.95. The van der Waals surface area contributed by atoms with Crippen LogP contribution in [0.2, 0.25) is 0 Å². The van der Waals surface area contributed by atoms with Gasteiger partial charge in [0, 0.05) is 19.4 Å². The van der Waals surface area contributed by atoms with E-state index in [1.165, 1.54) is 0 Å². The molecule has 0 atom stereocenters. The van der Waals surface area contributed by atoms with E-state index in [-0.39, 0.29) is 4.99 Å². The van der Waals surface area contributed by atoms with E-state index < -0.39 is 0 Å². The highest BCUT2D eigenvalue weighted by atomic mass is 32.1. The Morgan fingerprint density at radius 3 is 2.82 bits per heavy atom. The minimum absolute atomic E-state index is 0.261. The highest BCUT2D eigenvalue weighted by Crippen LogP contribution is 2.17. The van der Waals surface area contributed by atoms with Crippen molar-refractivity contribution in [2.24, 2.45) is 12.8 Å². The van der Waals surface area contributed by atoms with Gasteiger partial charge < -0.3 is 11.1 Å². The van der Waals surface area contributed by atoms with Crippen LogP contribution >= 0.6 is 12.2 Å². The van der Waals surface area contributed by atoms with Crippen molar-refractivity contribution in [1.82, 2.24) is 19.7 Å². The molecule has 0 unspecified atom stereocenters. The molecule has 7 heteroatoms. The number of aryl methyl sites for hydroxylation is 2. The molecule has 0 radical (unpaired) electrons. The predicted molar refractivity (Wildman–Crippen MR) is 69.1 cm³/mol. The zero-order chi connectivity index (χ0) is 12.4. The van der Waals surface area contributed by atoms with Crippen LogP contribution in [0.25, 0.3) is 0 Å².